The Kier molecular flexibility index (Phi) is 3.90. The standard InChI is InChI=1S/C13H20N4O2/c1-9-8-16(2)6-3-7-17(9)12-10(14)4-5-11(15-12)13(18)19/h4-5,9H,3,6-8,14H2,1-2H3,(H,18,19). The third-order valence-electron chi connectivity index (χ3n) is 3.44. The maximum atomic E-state index is 11.0. The van der Waals surface area contributed by atoms with Gasteiger partial charge in [-0.2, -0.15) is 0 Å². The van der Waals surface area contributed by atoms with Crippen LogP contribution >= 0.6 is 0 Å². The van der Waals surface area contributed by atoms with Gasteiger partial charge in [-0.1, -0.05) is 0 Å². The second-order valence-corrected chi connectivity index (χ2v) is 5.07. The van der Waals surface area contributed by atoms with E-state index >= 15 is 0 Å². The highest BCUT2D eigenvalue weighted by molar-refractivity contribution is 5.87. The van der Waals surface area contributed by atoms with Gasteiger partial charge in [0, 0.05) is 19.1 Å². The Morgan fingerprint density at radius 2 is 2.21 bits per heavy atom. The number of pyridine rings is 1. The largest absolute Gasteiger partial charge is 0.477 e. The zero-order chi connectivity index (χ0) is 14.0. The summed E-state index contributed by atoms with van der Waals surface area (Å²) in [5, 5.41) is 9.03. The Bertz CT molecular complexity index is 478. The molecule has 1 fully saturated rings. The predicted molar refractivity (Wildman–Crippen MR) is 74.5 cm³/mol. The van der Waals surface area contributed by atoms with Crippen LogP contribution in [0.3, 0.4) is 0 Å². The van der Waals surface area contributed by atoms with E-state index < -0.39 is 5.97 Å². The molecule has 0 aromatic carbocycles. The molecule has 6 heteroatoms. The first-order valence-corrected chi connectivity index (χ1v) is 6.44. The molecule has 0 saturated carbocycles. The van der Waals surface area contributed by atoms with E-state index in [1.807, 2.05) is 0 Å². The Morgan fingerprint density at radius 3 is 2.89 bits per heavy atom. The summed E-state index contributed by atoms with van der Waals surface area (Å²) >= 11 is 0. The molecule has 1 aromatic heterocycles. The highest BCUT2D eigenvalue weighted by Gasteiger charge is 2.23. The molecule has 1 aromatic rings. The molecule has 1 unspecified atom stereocenters. The van der Waals surface area contributed by atoms with E-state index in [1.165, 1.54) is 6.07 Å². The summed E-state index contributed by atoms with van der Waals surface area (Å²) in [6, 6.07) is 3.31. The second-order valence-electron chi connectivity index (χ2n) is 5.07. The van der Waals surface area contributed by atoms with Gasteiger partial charge in [0.2, 0.25) is 0 Å². The minimum atomic E-state index is -1.03. The van der Waals surface area contributed by atoms with Crippen molar-refractivity contribution >= 4 is 17.5 Å². The van der Waals surface area contributed by atoms with E-state index in [1.54, 1.807) is 6.07 Å². The molecule has 6 nitrogen and oxygen atoms in total. The summed E-state index contributed by atoms with van der Waals surface area (Å²) in [6.45, 7) is 4.89. The molecule has 0 spiro atoms. The van der Waals surface area contributed by atoms with Gasteiger partial charge in [-0.25, -0.2) is 9.78 Å². The second kappa shape index (κ2) is 5.44. The molecule has 0 amide bonds. The lowest BCUT2D eigenvalue weighted by atomic mass is 10.2. The van der Waals surface area contributed by atoms with Crippen LogP contribution in [0, 0.1) is 0 Å². The Labute approximate surface area is 112 Å². The van der Waals surface area contributed by atoms with Gasteiger partial charge in [0.15, 0.2) is 11.5 Å². The normalized spacial score (nSPS) is 21.2. The van der Waals surface area contributed by atoms with Crippen LogP contribution in [0.5, 0.6) is 0 Å². The van der Waals surface area contributed by atoms with Gasteiger partial charge in [0.05, 0.1) is 5.69 Å². The zero-order valence-corrected chi connectivity index (χ0v) is 11.3. The van der Waals surface area contributed by atoms with E-state index in [0.717, 1.165) is 26.1 Å². The molecule has 3 N–H and O–H groups in total. The molecular weight excluding hydrogens is 244 g/mol. The molecule has 104 valence electrons. The van der Waals surface area contributed by atoms with Gasteiger partial charge in [0.1, 0.15) is 0 Å². The van der Waals surface area contributed by atoms with Crippen LogP contribution < -0.4 is 10.6 Å². The zero-order valence-electron chi connectivity index (χ0n) is 11.3. The first kappa shape index (κ1) is 13.6. The average molecular weight is 264 g/mol. The molecule has 2 heterocycles. The van der Waals surface area contributed by atoms with Gasteiger partial charge in [-0.05, 0) is 39.1 Å². The minimum absolute atomic E-state index is 0.0361. The lowest BCUT2D eigenvalue weighted by Crippen LogP contribution is -2.39. The van der Waals surface area contributed by atoms with Crippen LogP contribution in [0.15, 0.2) is 12.1 Å². The average Bonchev–Trinajstić information content (AvgIpc) is 2.50. The number of carboxylic acids is 1. The van der Waals surface area contributed by atoms with Crippen LogP contribution in [0.4, 0.5) is 11.5 Å². The number of carboxylic acid groups (broad SMARTS) is 1. The van der Waals surface area contributed by atoms with Crippen LogP contribution in [-0.4, -0.2) is 53.7 Å². The topological polar surface area (TPSA) is 82.7 Å². The van der Waals surface area contributed by atoms with E-state index in [-0.39, 0.29) is 11.7 Å². The lowest BCUT2D eigenvalue weighted by Gasteiger charge is -2.30. The molecule has 1 aliphatic heterocycles. The third-order valence-corrected chi connectivity index (χ3v) is 3.44. The SMILES string of the molecule is CC1CN(C)CCCN1c1nc(C(=O)O)ccc1N. The monoisotopic (exact) mass is 264 g/mol. The minimum Gasteiger partial charge on any atom is -0.477 e. The maximum absolute atomic E-state index is 11.0. The number of aromatic nitrogens is 1. The van der Waals surface area contributed by atoms with Crippen molar-refractivity contribution in [2.45, 2.75) is 19.4 Å². The molecule has 1 atom stereocenters. The Hall–Kier alpha value is -1.82. The van der Waals surface area contributed by atoms with Crippen molar-refractivity contribution in [1.29, 1.82) is 0 Å². The quantitative estimate of drug-likeness (QED) is 0.825. The fourth-order valence-electron chi connectivity index (χ4n) is 2.50. The number of aromatic carboxylic acids is 1. The summed E-state index contributed by atoms with van der Waals surface area (Å²) in [6.07, 6.45) is 1.01. The molecule has 0 radical (unpaired) electrons. The first-order chi connectivity index (χ1) is 8.99. The number of hydrogen-bond donors (Lipinski definition) is 2. The van der Waals surface area contributed by atoms with Crippen molar-refractivity contribution in [2.75, 3.05) is 37.3 Å². The molecule has 19 heavy (non-hydrogen) atoms. The van der Waals surface area contributed by atoms with E-state index in [4.69, 9.17) is 10.8 Å². The molecule has 1 saturated heterocycles. The smallest absolute Gasteiger partial charge is 0.354 e. The number of likely N-dealkylation sites (N-methyl/N-ethyl adjacent to an activating group) is 1. The first-order valence-electron chi connectivity index (χ1n) is 6.44. The van der Waals surface area contributed by atoms with E-state index in [9.17, 15) is 4.79 Å². The number of carbonyl (C=O) groups is 1. The van der Waals surface area contributed by atoms with Crippen LogP contribution in [0.25, 0.3) is 0 Å². The predicted octanol–water partition coefficient (Wildman–Crippen LogP) is 0.892. The van der Waals surface area contributed by atoms with Gasteiger partial charge in [0.25, 0.3) is 0 Å². The van der Waals surface area contributed by atoms with Crippen LogP contribution in [0.1, 0.15) is 23.8 Å². The highest BCUT2D eigenvalue weighted by Crippen LogP contribution is 2.24. The van der Waals surface area contributed by atoms with Crippen molar-refractivity contribution in [3.63, 3.8) is 0 Å². The summed E-state index contributed by atoms with van der Waals surface area (Å²) in [5.41, 5.74) is 6.52. The number of rotatable bonds is 2. The Balaban J connectivity index is 2.33. The summed E-state index contributed by atoms with van der Waals surface area (Å²) in [7, 11) is 2.09. The van der Waals surface area contributed by atoms with Gasteiger partial charge in [-0.15, -0.1) is 0 Å². The van der Waals surface area contributed by atoms with Crippen molar-refractivity contribution in [1.82, 2.24) is 9.88 Å². The summed E-state index contributed by atoms with van der Waals surface area (Å²) < 4.78 is 0. The number of nitrogens with zero attached hydrogens (tertiary/aromatic N) is 3. The number of nitrogen functional groups attached to an aromatic ring is 1. The fraction of sp³-hybridized carbons (Fsp3) is 0.538. The Morgan fingerprint density at radius 1 is 1.47 bits per heavy atom. The highest BCUT2D eigenvalue weighted by atomic mass is 16.4. The molecule has 0 aliphatic carbocycles. The number of hydrogen-bond acceptors (Lipinski definition) is 5. The number of anilines is 2. The van der Waals surface area contributed by atoms with Gasteiger partial charge < -0.3 is 20.6 Å². The maximum Gasteiger partial charge on any atom is 0.354 e. The van der Waals surface area contributed by atoms with Crippen LogP contribution in [-0.2, 0) is 0 Å². The van der Waals surface area contributed by atoms with Crippen molar-refractivity contribution in [3.8, 4) is 0 Å². The van der Waals surface area contributed by atoms with Crippen molar-refractivity contribution in [2.24, 2.45) is 0 Å². The van der Waals surface area contributed by atoms with Gasteiger partial charge in [-0.3, -0.25) is 0 Å². The molecule has 1 aliphatic rings. The van der Waals surface area contributed by atoms with Crippen LogP contribution in [0.2, 0.25) is 0 Å². The lowest BCUT2D eigenvalue weighted by molar-refractivity contribution is 0.0690. The summed E-state index contributed by atoms with van der Waals surface area (Å²) in [5.74, 6) is -0.441. The van der Waals surface area contributed by atoms with Crippen molar-refractivity contribution < 1.29 is 9.90 Å². The number of nitrogens with two attached hydrogens (primary N) is 1. The third kappa shape index (κ3) is 2.96. The van der Waals surface area contributed by atoms with Crippen molar-refractivity contribution in [3.05, 3.63) is 17.8 Å². The molecule has 2 rings (SSSR count). The molecule has 0 bridgehead atoms. The molecular formula is C13H20N4O2. The summed E-state index contributed by atoms with van der Waals surface area (Å²) in [4.78, 5) is 19.6. The van der Waals surface area contributed by atoms with E-state index in [2.05, 4.69) is 28.8 Å². The van der Waals surface area contributed by atoms with E-state index in [0.29, 0.717) is 11.5 Å². The fourth-order valence-corrected chi connectivity index (χ4v) is 2.50. The van der Waals surface area contributed by atoms with Gasteiger partial charge >= 0.3 is 5.97 Å².